The van der Waals surface area contributed by atoms with Gasteiger partial charge in [-0.05, 0) is 42.9 Å². The zero-order chi connectivity index (χ0) is 12.7. The van der Waals surface area contributed by atoms with Crippen molar-refractivity contribution < 1.29 is 14.3 Å². The van der Waals surface area contributed by atoms with E-state index in [4.69, 9.17) is 9.47 Å². The molecule has 0 spiro atoms. The summed E-state index contributed by atoms with van der Waals surface area (Å²) < 4.78 is 10.3. The highest BCUT2D eigenvalue weighted by Crippen LogP contribution is 2.31. The number of rotatable bonds is 5. The maximum atomic E-state index is 11.5. The Hall–Kier alpha value is -0.740. The summed E-state index contributed by atoms with van der Waals surface area (Å²) in [6, 6.07) is 0. The quantitative estimate of drug-likeness (QED) is 0.430. The van der Waals surface area contributed by atoms with E-state index in [9.17, 15) is 4.79 Å². The van der Waals surface area contributed by atoms with Gasteiger partial charge in [0.05, 0.1) is 12.2 Å². The minimum atomic E-state index is -0.328. The molecule has 0 N–H and O–H groups in total. The van der Waals surface area contributed by atoms with Gasteiger partial charge < -0.3 is 9.47 Å². The van der Waals surface area contributed by atoms with Gasteiger partial charge in [-0.15, -0.1) is 11.8 Å². The monoisotopic (exact) mass is 256 g/mol. The number of esters is 1. The Bertz CT molecular complexity index is 304. The van der Waals surface area contributed by atoms with Crippen molar-refractivity contribution in [2.24, 2.45) is 5.92 Å². The molecule has 4 heteroatoms. The zero-order valence-corrected chi connectivity index (χ0v) is 11.3. The number of allylic oxidation sites excluding steroid dienone is 1. The normalized spacial score (nSPS) is 17.9. The van der Waals surface area contributed by atoms with Crippen molar-refractivity contribution in [3.05, 3.63) is 23.1 Å². The Kier molecular flexibility index (Phi) is 6.37. The number of carbonyl (C=O) groups is 1. The lowest BCUT2D eigenvalue weighted by molar-refractivity contribution is -0.138. The topological polar surface area (TPSA) is 35.5 Å². The van der Waals surface area contributed by atoms with Crippen LogP contribution in [0.15, 0.2) is 23.1 Å². The molecule has 0 aromatic heterocycles. The van der Waals surface area contributed by atoms with E-state index in [-0.39, 0.29) is 5.97 Å². The van der Waals surface area contributed by atoms with E-state index < -0.39 is 0 Å². The summed E-state index contributed by atoms with van der Waals surface area (Å²) in [6.07, 6.45) is 5.92. The summed E-state index contributed by atoms with van der Waals surface area (Å²) in [4.78, 5) is 12.7. The smallest absolute Gasteiger partial charge is 0.337 e. The average Bonchev–Trinajstić information content (AvgIpc) is 2.37. The van der Waals surface area contributed by atoms with Crippen LogP contribution in [0, 0.1) is 5.92 Å². The molecule has 17 heavy (non-hydrogen) atoms. The first kappa shape index (κ1) is 14.3. The minimum Gasteiger partial charge on any atom is -0.462 e. The number of thioether (sulfide) groups is 1. The molecule has 0 unspecified atom stereocenters. The molecule has 96 valence electrons. The largest absolute Gasteiger partial charge is 0.462 e. The van der Waals surface area contributed by atoms with Crippen LogP contribution in [0.25, 0.3) is 0 Å². The molecule has 1 fully saturated rings. The van der Waals surface area contributed by atoms with E-state index in [2.05, 4.69) is 6.58 Å². The van der Waals surface area contributed by atoms with Gasteiger partial charge in [0.15, 0.2) is 0 Å². The Labute approximate surface area is 107 Å². The molecule has 1 saturated heterocycles. The molecule has 1 aliphatic rings. The highest BCUT2D eigenvalue weighted by Gasteiger charge is 2.18. The van der Waals surface area contributed by atoms with Crippen LogP contribution in [0.5, 0.6) is 0 Å². The fraction of sp³-hybridized carbons (Fsp3) is 0.615. The van der Waals surface area contributed by atoms with E-state index in [1.165, 1.54) is 4.91 Å². The maximum absolute atomic E-state index is 11.5. The molecule has 1 heterocycles. The van der Waals surface area contributed by atoms with Crippen LogP contribution in [0.4, 0.5) is 0 Å². The van der Waals surface area contributed by atoms with Gasteiger partial charge in [-0.2, -0.15) is 0 Å². The van der Waals surface area contributed by atoms with Crippen LogP contribution in [0.2, 0.25) is 0 Å². The van der Waals surface area contributed by atoms with E-state index in [1.807, 2.05) is 12.3 Å². The second-order valence-corrected chi connectivity index (χ2v) is 4.76. The van der Waals surface area contributed by atoms with Crippen molar-refractivity contribution in [3.8, 4) is 0 Å². The summed E-state index contributed by atoms with van der Waals surface area (Å²) in [5.41, 5.74) is 0.433. The SMILES string of the molecule is C=C(/C=C(\SC)C1CCOCC1)C(=O)OCC. The predicted octanol–water partition coefficient (Wildman–Crippen LogP) is 2.78. The van der Waals surface area contributed by atoms with Crippen LogP contribution < -0.4 is 0 Å². The molecule has 0 aromatic carbocycles. The van der Waals surface area contributed by atoms with Crippen molar-refractivity contribution in [2.45, 2.75) is 19.8 Å². The second-order valence-electron chi connectivity index (χ2n) is 3.88. The van der Waals surface area contributed by atoms with Crippen LogP contribution in [0.1, 0.15) is 19.8 Å². The van der Waals surface area contributed by atoms with E-state index in [0.29, 0.717) is 18.1 Å². The molecule has 0 saturated carbocycles. The Balaban J connectivity index is 2.64. The molecule has 0 amide bonds. The first-order valence-corrected chi connectivity index (χ1v) is 7.10. The van der Waals surface area contributed by atoms with Gasteiger partial charge in [-0.1, -0.05) is 6.58 Å². The molecule has 0 aliphatic carbocycles. The third-order valence-electron chi connectivity index (χ3n) is 2.71. The predicted molar refractivity (Wildman–Crippen MR) is 70.9 cm³/mol. The van der Waals surface area contributed by atoms with Gasteiger partial charge in [0.2, 0.25) is 0 Å². The number of carbonyl (C=O) groups excluding carboxylic acids is 1. The Morgan fingerprint density at radius 1 is 1.53 bits per heavy atom. The Morgan fingerprint density at radius 3 is 2.71 bits per heavy atom. The molecule has 1 aliphatic heterocycles. The van der Waals surface area contributed by atoms with Crippen molar-refractivity contribution in [1.82, 2.24) is 0 Å². The lowest BCUT2D eigenvalue weighted by Crippen LogP contribution is -2.17. The summed E-state index contributed by atoms with van der Waals surface area (Å²) in [5.74, 6) is 0.163. The van der Waals surface area contributed by atoms with Crippen LogP contribution >= 0.6 is 11.8 Å². The summed E-state index contributed by atoms with van der Waals surface area (Å²) >= 11 is 1.68. The molecular weight excluding hydrogens is 236 g/mol. The van der Waals surface area contributed by atoms with Crippen LogP contribution in [-0.2, 0) is 14.3 Å². The fourth-order valence-electron chi connectivity index (χ4n) is 1.78. The van der Waals surface area contributed by atoms with Gasteiger partial charge in [0.25, 0.3) is 0 Å². The molecule has 0 aromatic rings. The maximum Gasteiger partial charge on any atom is 0.337 e. The third-order valence-corrected chi connectivity index (χ3v) is 3.64. The van der Waals surface area contributed by atoms with Gasteiger partial charge in [0.1, 0.15) is 0 Å². The third kappa shape index (κ3) is 4.56. The molecule has 0 radical (unpaired) electrons. The van der Waals surface area contributed by atoms with E-state index in [0.717, 1.165) is 26.1 Å². The van der Waals surface area contributed by atoms with Crippen LogP contribution in [0.3, 0.4) is 0 Å². The summed E-state index contributed by atoms with van der Waals surface area (Å²) in [5, 5.41) is 0. The summed E-state index contributed by atoms with van der Waals surface area (Å²) in [6.45, 7) is 7.54. The van der Waals surface area contributed by atoms with Crippen molar-refractivity contribution >= 4 is 17.7 Å². The molecule has 0 atom stereocenters. The van der Waals surface area contributed by atoms with Crippen molar-refractivity contribution in [2.75, 3.05) is 26.1 Å². The van der Waals surface area contributed by atoms with Crippen molar-refractivity contribution in [3.63, 3.8) is 0 Å². The Morgan fingerprint density at radius 2 is 2.18 bits per heavy atom. The van der Waals surface area contributed by atoms with Gasteiger partial charge >= 0.3 is 5.97 Å². The highest BCUT2D eigenvalue weighted by molar-refractivity contribution is 8.02. The first-order chi connectivity index (χ1) is 8.19. The lowest BCUT2D eigenvalue weighted by Gasteiger charge is -2.23. The fourth-order valence-corrected chi connectivity index (χ4v) is 2.61. The number of hydrogen-bond donors (Lipinski definition) is 0. The number of ether oxygens (including phenoxy) is 2. The summed E-state index contributed by atoms with van der Waals surface area (Å²) in [7, 11) is 0. The van der Waals surface area contributed by atoms with Gasteiger partial charge in [-0.3, -0.25) is 0 Å². The number of hydrogen-bond acceptors (Lipinski definition) is 4. The molecule has 3 nitrogen and oxygen atoms in total. The second kappa shape index (κ2) is 7.56. The van der Waals surface area contributed by atoms with Gasteiger partial charge in [0, 0.05) is 13.2 Å². The van der Waals surface area contributed by atoms with Gasteiger partial charge in [-0.25, -0.2) is 4.79 Å². The zero-order valence-electron chi connectivity index (χ0n) is 10.5. The van der Waals surface area contributed by atoms with Crippen molar-refractivity contribution in [1.29, 1.82) is 0 Å². The lowest BCUT2D eigenvalue weighted by atomic mass is 9.98. The molecular formula is C13H20O3S. The molecule has 0 bridgehead atoms. The first-order valence-electron chi connectivity index (χ1n) is 5.88. The standard InChI is InChI=1S/C13H20O3S/c1-4-16-13(14)10(2)9-12(17-3)11-5-7-15-8-6-11/h9,11H,2,4-8H2,1,3H3/b12-9-. The van der Waals surface area contributed by atoms with E-state index in [1.54, 1.807) is 18.7 Å². The minimum absolute atomic E-state index is 0.328. The van der Waals surface area contributed by atoms with Crippen LogP contribution in [-0.4, -0.2) is 32.0 Å². The average molecular weight is 256 g/mol. The van der Waals surface area contributed by atoms with E-state index >= 15 is 0 Å². The molecule has 1 rings (SSSR count). The highest BCUT2D eigenvalue weighted by atomic mass is 32.2.